The fourth-order valence-electron chi connectivity index (χ4n) is 0.144. The standard InChI is InChI=1S/C2Br6N/c3-1(4,5)9-2(6,7)8. The lowest BCUT2D eigenvalue weighted by atomic mass is 11.2. The predicted octanol–water partition coefficient (Wildman–Crippen LogP) is 4.18. The van der Waals surface area contributed by atoms with Gasteiger partial charge >= 0.3 is 0 Å². The Morgan fingerprint density at radius 2 is 0.889 bits per heavy atom. The van der Waals surface area contributed by atoms with Crippen LogP contribution in [0.1, 0.15) is 0 Å². The maximum atomic E-state index is 4.04. The van der Waals surface area contributed by atoms with Crippen LogP contribution in [0.2, 0.25) is 0 Å². The molecule has 0 fully saturated rings. The molecule has 0 saturated heterocycles. The van der Waals surface area contributed by atoms with Crippen LogP contribution in [0, 0.1) is 0 Å². The number of nitrogens with zero attached hydrogens (tertiary/aromatic N) is 1. The van der Waals surface area contributed by atoms with E-state index in [9.17, 15) is 0 Å². The van der Waals surface area contributed by atoms with Crippen molar-refractivity contribution in [1.82, 2.24) is 5.32 Å². The number of halogens is 6. The van der Waals surface area contributed by atoms with E-state index in [0.717, 1.165) is 0 Å². The third-order valence-corrected chi connectivity index (χ3v) is 1.32. The molecule has 0 aromatic heterocycles. The van der Waals surface area contributed by atoms with E-state index in [2.05, 4.69) is 101 Å². The summed E-state index contributed by atoms with van der Waals surface area (Å²) in [5, 5.41) is 4.04. The molecule has 7 heteroatoms. The minimum absolute atomic E-state index is 0.594. The Bertz CT molecular complexity index is 76.2. The summed E-state index contributed by atoms with van der Waals surface area (Å²) >= 11 is 19.1. The van der Waals surface area contributed by atoms with Gasteiger partial charge in [0.05, 0.1) is 0 Å². The summed E-state index contributed by atoms with van der Waals surface area (Å²) < 4.78 is -1.19. The summed E-state index contributed by atoms with van der Waals surface area (Å²) in [5.74, 6) is 0. The SMILES string of the molecule is BrC(Br)(Br)[N]C(Br)(Br)Br. The Morgan fingerprint density at radius 3 is 0.889 bits per heavy atom. The fourth-order valence-corrected chi connectivity index (χ4v) is 3.88. The molecule has 0 atom stereocenters. The summed E-state index contributed by atoms with van der Waals surface area (Å²) in [5.41, 5.74) is 0. The van der Waals surface area contributed by atoms with Gasteiger partial charge < -0.3 is 0 Å². The van der Waals surface area contributed by atoms with Gasteiger partial charge in [0, 0.05) is 0 Å². The zero-order valence-electron chi connectivity index (χ0n) is 3.72. The molecular weight excluding hydrogens is 517 g/mol. The molecule has 0 aromatic carbocycles. The molecule has 0 saturated carbocycles. The second-order valence-electron chi connectivity index (χ2n) is 1.05. The second-order valence-corrected chi connectivity index (χ2v) is 14.3. The van der Waals surface area contributed by atoms with Crippen molar-refractivity contribution in [3.63, 3.8) is 0 Å². The fraction of sp³-hybridized carbons (Fsp3) is 1.00. The molecule has 0 rings (SSSR count). The summed E-state index contributed by atoms with van der Waals surface area (Å²) in [6, 6.07) is 0. The molecule has 0 amide bonds. The van der Waals surface area contributed by atoms with Crippen LogP contribution in [0.5, 0.6) is 0 Å². The zero-order chi connectivity index (χ0) is 7.71. The number of hydrogen-bond donors (Lipinski definition) is 0. The summed E-state index contributed by atoms with van der Waals surface area (Å²) in [4.78, 5) is 0. The average molecular weight is 517 g/mol. The van der Waals surface area contributed by atoms with Gasteiger partial charge in [0.25, 0.3) is 0 Å². The van der Waals surface area contributed by atoms with Crippen molar-refractivity contribution in [2.75, 3.05) is 0 Å². The van der Waals surface area contributed by atoms with E-state index in [1.165, 1.54) is 0 Å². The van der Waals surface area contributed by atoms with Gasteiger partial charge in [0.1, 0.15) is 0 Å². The predicted molar refractivity (Wildman–Crippen MR) is 61.2 cm³/mol. The molecule has 55 valence electrons. The molecule has 0 aliphatic heterocycles. The van der Waals surface area contributed by atoms with Gasteiger partial charge in [-0.1, -0.05) is 0 Å². The molecule has 0 aliphatic rings. The lowest BCUT2D eigenvalue weighted by Gasteiger charge is -2.18. The van der Waals surface area contributed by atoms with Crippen LogP contribution in [-0.2, 0) is 0 Å². The highest BCUT2D eigenvalue weighted by Crippen LogP contribution is 2.41. The van der Waals surface area contributed by atoms with Crippen LogP contribution in [0.4, 0.5) is 0 Å². The molecular formula is C2Br6N. The number of hydrogen-bond acceptors (Lipinski definition) is 0. The lowest BCUT2D eigenvalue weighted by molar-refractivity contribution is 0.829. The van der Waals surface area contributed by atoms with Gasteiger partial charge in [-0.25, -0.2) is 0 Å². The average Bonchev–Trinajstić information content (AvgIpc) is 1.14. The van der Waals surface area contributed by atoms with Crippen molar-refractivity contribution in [1.29, 1.82) is 0 Å². The van der Waals surface area contributed by atoms with Gasteiger partial charge in [0.2, 0.25) is 4.53 Å². The number of alkyl halides is 6. The summed E-state index contributed by atoms with van der Waals surface area (Å²) in [7, 11) is 0. The molecule has 0 N–H and O–H groups in total. The minimum atomic E-state index is -0.594. The minimum Gasteiger partial charge on any atom is -0.163 e. The molecule has 0 spiro atoms. The van der Waals surface area contributed by atoms with E-state index in [4.69, 9.17) is 0 Å². The van der Waals surface area contributed by atoms with E-state index < -0.39 is 4.53 Å². The molecule has 1 nitrogen and oxygen atoms in total. The quantitative estimate of drug-likeness (QED) is 0.338. The molecule has 0 unspecified atom stereocenters. The first kappa shape index (κ1) is 11.8. The lowest BCUT2D eigenvalue weighted by Crippen LogP contribution is -2.28. The molecule has 9 heavy (non-hydrogen) atoms. The maximum absolute atomic E-state index is 4.04. The van der Waals surface area contributed by atoms with Gasteiger partial charge in [-0.2, -0.15) is 5.32 Å². The smallest absolute Gasteiger partial charge is 0.163 e. The van der Waals surface area contributed by atoms with Crippen LogP contribution in [-0.4, -0.2) is 4.53 Å². The Morgan fingerprint density at radius 1 is 0.667 bits per heavy atom. The Balaban J connectivity index is 3.75. The molecule has 0 bridgehead atoms. The van der Waals surface area contributed by atoms with Crippen LogP contribution in [0.15, 0.2) is 0 Å². The van der Waals surface area contributed by atoms with Gasteiger partial charge in [-0.15, -0.1) is 0 Å². The normalized spacial score (nSPS) is 14.0. The first-order valence-electron chi connectivity index (χ1n) is 1.58. The van der Waals surface area contributed by atoms with Gasteiger partial charge in [-0.3, -0.25) is 0 Å². The Kier molecular flexibility index (Phi) is 5.50. The van der Waals surface area contributed by atoms with E-state index in [1.54, 1.807) is 0 Å². The van der Waals surface area contributed by atoms with Gasteiger partial charge in [0.15, 0.2) is 0 Å². The first-order valence-corrected chi connectivity index (χ1v) is 6.34. The van der Waals surface area contributed by atoms with E-state index in [1.807, 2.05) is 0 Å². The van der Waals surface area contributed by atoms with E-state index in [0.29, 0.717) is 0 Å². The van der Waals surface area contributed by atoms with Crippen molar-refractivity contribution >= 4 is 95.6 Å². The Hall–Kier alpha value is 2.84. The highest BCUT2D eigenvalue weighted by atomic mass is 80.0. The summed E-state index contributed by atoms with van der Waals surface area (Å²) in [6.45, 7) is 0. The molecule has 1 radical (unpaired) electrons. The van der Waals surface area contributed by atoms with Crippen molar-refractivity contribution < 1.29 is 0 Å². The first-order chi connectivity index (χ1) is 3.71. The highest BCUT2D eigenvalue weighted by Gasteiger charge is 2.30. The van der Waals surface area contributed by atoms with Crippen LogP contribution >= 0.6 is 95.6 Å². The van der Waals surface area contributed by atoms with Crippen molar-refractivity contribution in [2.24, 2.45) is 0 Å². The second kappa shape index (κ2) is 4.18. The topological polar surface area (TPSA) is 14.1 Å². The van der Waals surface area contributed by atoms with Gasteiger partial charge in [-0.05, 0) is 95.6 Å². The Labute approximate surface area is 104 Å². The van der Waals surface area contributed by atoms with E-state index in [-0.39, 0.29) is 0 Å². The largest absolute Gasteiger partial charge is 0.203 e. The summed E-state index contributed by atoms with van der Waals surface area (Å²) in [6.07, 6.45) is 0. The maximum Gasteiger partial charge on any atom is 0.203 e. The van der Waals surface area contributed by atoms with Crippen molar-refractivity contribution in [3.05, 3.63) is 0 Å². The van der Waals surface area contributed by atoms with Crippen LogP contribution in [0.3, 0.4) is 0 Å². The zero-order valence-corrected chi connectivity index (χ0v) is 13.2. The molecule has 0 aromatic rings. The third kappa shape index (κ3) is 10.8. The highest BCUT2D eigenvalue weighted by molar-refractivity contribution is 9.40. The third-order valence-electron chi connectivity index (χ3n) is 0.254. The van der Waals surface area contributed by atoms with Crippen LogP contribution < -0.4 is 5.32 Å². The van der Waals surface area contributed by atoms with Crippen molar-refractivity contribution in [2.45, 2.75) is 4.53 Å². The van der Waals surface area contributed by atoms with Crippen LogP contribution in [0.25, 0.3) is 0 Å². The monoisotopic (exact) mass is 512 g/mol. The molecule has 0 aliphatic carbocycles. The van der Waals surface area contributed by atoms with E-state index >= 15 is 0 Å². The number of rotatable bonds is 0. The molecule has 0 heterocycles. The van der Waals surface area contributed by atoms with Crippen molar-refractivity contribution in [3.8, 4) is 0 Å².